The van der Waals surface area contributed by atoms with Crippen LogP contribution < -0.4 is 10.6 Å². The first-order chi connectivity index (χ1) is 11.1. The number of anilines is 1. The average molecular weight is 353 g/mol. The predicted octanol–water partition coefficient (Wildman–Crippen LogP) is 3.45. The molecular formula is C18H28N2O3S. The number of ether oxygens (including phenoxy) is 1. The Balaban J connectivity index is 2.53. The third-order valence-corrected chi connectivity index (χ3v) is 4.71. The number of rotatable bonds is 8. The van der Waals surface area contributed by atoms with Crippen LogP contribution in [0, 0.1) is 0 Å². The van der Waals surface area contributed by atoms with E-state index in [1.807, 2.05) is 52.0 Å². The summed E-state index contributed by atoms with van der Waals surface area (Å²) in [4.78, 5) is 24.3. The molecule has 0 spiro atoms. The van der Waals surface area contributed by atoms with Gasteiger partial charge in [-0.25, -0.2) is 0 Å². The SMILES string of the molecule is COC(C)(C)C[C@H](C)NC(=O)[C@H](C)Sc1ccc(NC(C)=O)cc1. The van der Waals surface area contributed by atoms with Crippen molar-refractivity contribution in [3.63, 3.8) is 0 Å². The molecule has 0 radical (unpaired) electrons. The monoisotopic (exact) mass is 352 g/mol. The number of hydrogen-bond donors (Lipinski definition) is 2. The first-order valence-electron chi connectivity index (χ1n) is 8.03. The second-order valence-corrected chi connectivity index (χ2v) is 7.96. The van der Waals surface area contributed by atoms with Crippen LogP contribution in [0.1, 0.15) is 41.0 Å². The van der Waals surface area contributed by atoms with Gasteiger partial charge >= 0.3 is 0 Å². The second-order valence-electron chi connectivity index (χ2n) is 6.54. The fraction of sp³-hybridized carbons (Fsp3) is 0.556. The lowest BCUT2D eigenvalue weighted by Gasteiger charge is -2.27. The lowest BCUT2D eigenvalue weighted by Crippen LogP contribution is -2.41. The molecule has 0 heterocycles. The number of hydrogen-bond acceptors (Lipinski definition) is 4. The lowest BCUT2D eigenvalue weighted by atomic mass is 10.00. The van der Waals surface area contributed by atoms with Crippen LogP contribution in [-0.2, 0) is 14.3 Å². The fourth-order valence-electron chi connectivity index (χ4n) is 2.31. The molecule has 2 amide bonds. The summed E-state index contributed by atoms with van der Waals surface area (Å²) in [7, 11) is 1.68. The highest BCUT2D eigenvalue weighted by atomic mass is 32.2. The summed E-state index contributed by atoms with van der Waals surface area (Å²) >= 11 is 1.49. The average Bonchev–Trinajstić information content (AvgIpc) is 2.48. The van der Waals surface area contributed by atoms with Crippen LogP contribution in [0.3, 0.4) is 0 Å². The molecule has 0 unspecified atom stereocenters. The zero-order valence-electron chi connectivity index (χ0n) is 15.3. The van der Waals surface area contributed by atoms with Crippen LogP contribution in [0.25, 0.3) is 0 Å². The highest BCUT2D eigenvalue weighted by molar-refractivity contribution is 8.00. The molecule has 0 aliphatic carbocycles. The standard InChI is InChI=1S/C18H28N2O3S/c1-12(11-18(4,5)23-6)19-17(22)13(2)24-16-9-7-15(8-10-16)20-14(3)21/h7-10,12-13H,11H2,1-6H3,(H,19,22)(H,20,21)/t12-,13-/m0/s1. The van der Waals surface area contributed by atoms with Crippen molar-refractivity contribution in [2.45, 2.75) is 62.8 Å². The van der Waals surface area contributed by atoms with Crippen molar-refractivity contribution in [2.24, 2.45) is 0 Å². The lowest BCUT2D eigenvalue weighted by molar-refractivity contribution is -0.121. The van der Waals surface area contributed by atoms with Crippen molar-refractivity contribution in [2.75, 3.05) is 12.4 Å². The Kier molecular flexibility index (Phi) is 7.76. The molecule has 1 aromatic carbocycles. The Hall–Kier alpha value is -1.53. The van der Waals surface area contributed by atoms with Gasteiger partial charge in [-0.15, -0.1) is 11.8 Å². The molecule has 0 aliphatic rings. The third-order valence-electron chi connectivity index (χ3n) is 3.60. The summed E-state index contributed by atoms with van der Waals surface area (Å²) in [5.74, 6) is -0.0959. The Morgan fingerprint density at radius 2 is 1.79 bits per heavy atom. The van der Waals surface area contributed by atoms with Crippen LogP contribution in [0.5, 0.6) is 0 Å². The Bertz CT molecular complexity index is 558. The zero-order chi connectivity index (χ0) is 18.3. The molecule has 0 fully saturated rings. The van der Waals surface area contributed by atoms with Crippen molar-refractivity contribution in [3.8, 4) is 0 Å². The molecule has 0 aromatic heterocycles. The van der Waals surface area contributed by atoms with Gasteiger partial charge < -0.3 is 15.4 Å². The van der Waals surface area contributed by atoms with Crippen LogP contribution >= 0.6 is 11.8 Å². The highest BCUT2D eigenvalue weighted by Gasteiger charge is 2.23. The van der Waals surface area contributed by atoms with E-state index in [4.69, 9.17) is 4.74 Å². The van der Waals surface area contributed by atoms with E-state index in [1.165, 1.54) is 18.7 Å². The topological polar surface area (TPSA) is 67.4 Å². The Labute approximate surface area is 148 Å². The summed E-state index contributed by atoms with van der Waals surface area (Å²) in [5, 5.41) is 5.55. The van der Waals surface area contributed by atoms with E-state index in [2.05, 4.69) is 10.6 Å². The maximum Gasteiger partial charge on any atom is 0.233 e. The number of nitrogens with one attached hydrogen (secondary N) is 2. The third kappa shape index (κ3) is 7.36. The van der Waals surface area contributed by atoms with Gasteiger partial charge in [-0.05, 0) is 58.4 Å². The molecule has 0 saturated heterocycles. The molecule has 0 saturated carbocycles. The highest BCUT2D eigenvalue weighted by Crippen LogP contribution is 2.25. The maximum atomic E-state index is 12.3. The normalized spacial score (nSPS) is 13.9. The molecule has 2 atom stereocenters. The van der Waals surface area contributed by atoms with E-state index >= 15 is 0 Å². The molecule has 0 aliphatic heterocycles. The van der Waals surface area contributed by atoms with Crippen molar-refractivity contribution >= 4 is 29.3 Å². The van der Waals surface area contributed by atoms with E-state index in [9.17, 15) is 9.59 Å². The molecule has 134 valence electrons. The van der Waals surface area contributed by atoms with E-state index in [0.29, 0.717) is 0 Å². The van der Waals surface area contributed by atoms with Crippen LogP contribution in [-0.4, -0.2) is 35.8 Å². The van der Waals surface area contributed by atoms with Crippen LogP contribution in [0.15, 0.2) is 29.2 Å². The largest absolute Gasteiger partial charge is 0.379 e. The van der Waals surface area contributed by atoms with Crippen molar-refractivity contribution < 1.29 is 14.3 Å². The predicted molar refractivity (Wildman–Crippen MR) is 99.4 cm³/mol. The summed E-state index contributed by atoms with van der Waals surface area (Å²) in [6, 6.07) is 7.50. The van der Waals surface area contributed by atoms with E-state index in [-0.39, 0.29) is 28.7 Å². The molecule has 6 heteroatoms. The molecule has 0 bridgehead atoms. The number of benzene rings is 1. The summed E-state index contributed by atoms with van der Waals surface area (Å²) in [6.07, 6.45) is 0.748. The quantitative estimate of drug-likeness (QED) is 0.703. The number of carbonyl (C=O) groups excluding carboxylic acids is 2. The fourth-order valence-corrected chi connectivity index (χ4v) is 3.19. The minimum Gasteiger partial charge on any atom is -0.379 e. The smallest absolute Gasteiger partial charge is 0.233 e. The van der Waals surface area contributed by atoms with Crippen molar-refractivity contribution in [1.82, 2.24) is 5.32 Å². The molecule has 1 rings (SSSR count). The first-order valence-corrected chi connectivity index (χ1v) is 8.91. The molecule has 1 aromatic rings. The molecule has 5 nitrogen and oxygen atoms in total. The summed E-state index contributed by atoms with van der Waals surface area (Å²) < 4.78 is 5.40. The van der Waals surface area contributed by atoms with Gasteiger partial charge in [0.15, 0.2) is 0 Å². The molecular weight excluding hydrogens is 324 g/mol. The van der Waals surface area contributed by atoms with Crippen molar-refractivity contribution in [1.29, 1.82) is 0 Å². The van der Waals surface area contributed by atoms with Gasteiger partial charge in [-0.3, -0.25) is 9.59 Å². The van der Waals surface area contributed by atoms with Gasteiger partial charge in [0.25, 0.3) is 0 Å². The summed E-state index contributed by atoms with van der Waals surface area (Å²) in [6.45, 7) is 9.35. The zero-order valence-corrected chi connectivity index (χ0v) is 16.1. The van der Waals surface area contributed by atoms with Gasteiger partial charge in [0.05, 0.1) is 10.9 Å². The minimum atomic E-state index is -0.261. The van der Waals surface area contributed by atoms with Gasteiger partial charge in [0.2, 0.25) is 11.8 Å². The second kappa shape index (κ2) is 9.08. The van der Waals surface area contributed by atoms with Gasteiger partial charge in [0.1, 0.15) is 0 Å². The Morgan fingerprint density at radius 1 is 1.21 bits per heavy atom. The summed E-state index contributed by atoms with van der Waals surface area (Å²) in [5.41, 5.74) is 0.488. The minimum absolute atomic E-state index is 0.00494. The Morgan fingerprint density at radius 3 is 2.29 bits per heavy atom. The number of amides is 2. The first kappa shape index (κ1) is 20.5. The number of carbonyl (C=O) groups is 2. The van der Waals surface area contributed by atoms with Gasteiger partial charge in [-0.1, -0.05) is 0 Å². The van der Waals surface area contributed by atoms with Crippen molar-refractivity contribution in [3.05, 3.63) is 24.3 Å². The van der Waals surface area contributed by atoms with Crippen LogP contribution in [0.4, 0.5) is 5.69 Å². The maximum absolute atomic E-state index is 12.3. The number of thioether (sulfide) groups is 1. The van der Waals surface area contributed by atoms with E-state index in [0.717, 1.165) is 17.0 Å². The number of methoxy groups -OCH3 is 1. The van der Waals surface area contributed by atoms with E-state index in [1.54, 1.807) is 7.11 Å². The molecule has 2 N–H and O–H groups in total. The van der Waals surface area contributed by atoms with Gasteiger partial charge in [0, 0.05) is 30.7 Å². The van der Waals surface area contributed by atoms with Crippen LogP contribution in [0.2, 0.25) is 0 Å². The van der Waals surface area contributed by atoms with E-state index < -0.39 is 0 Å². The van der Waals surface area contributed by atoms with Gasteiger partial charge in [-0.2, -0.15) is 0 Å². The molecule has 24 heavy (non-hydrogen) atoms.